The minimum atomic E-state index is -0.544. The summed E-state index contributed by atoms with van der Waals surface area (Å²) < 4.78 is 0. The summed E-state index contributed by atoms with van der Waals surface area (Å²) in [5.74, 6) is -0.323. The topological polar surface area (TPSA) is 78.4 Å². The molecule has 0 saturated carbocycles. The van der Waals surface area contributed by atoms with E-state index in [9.17, 15) is 9.59 Å². The summed E-state index contributed by atoms with van der Waals surface area (Å²) in [6, 6.07) is 12.1. The first-order valence-corrected chi connectivity index (χ1v) is 8.04. The summed E-state index contributed by atoms with van der Waals surface area (Å²) in [7, 11) is 0. The number of fused-ring (bicyclic) bond motifs is 1. The molecule has 0 fully saturated rings. The van der Waals surface area contributed by atoms with Crippen LogP contribution < -0.4 is 10.8 Å². The van der Waals surface area contributed by atoms with Crippen LogP contribution in [0.5, 0.6) is 0 Å². The number of halogens is 1. The third-order valence-electron chi connectivity index (χ3n) is 4.20. The van der Waals surface area contributed by atoms with Crippen LogP contribution in [0, 0.1) is 5.92 Å². The van der Waals surface area contributed by atoms with E-state index in [2.05, 4.69) is 5.32 Å². The van der Waals surface area contributed by atoms with Crippen molar-refractivity contribution < 1.29 is 14.8 Å². The number of hydrogen-bond acceptors (Lipinski definition) is 4. The zero-order chi connectivity index (χ0) is 17.1. The second kappa shape index (κ2) is 7.03. The first kappa shape index (κ1) is 16.5. The fraction of sp³-hybridized carbons (Fsp3) is 0.222. The van der Waals surface area contributed by atoms with Crippen molar-refractivity contribution in [3.05, 3.63) is 64.2 Å². The van der Waals surface area contributed by atoms with Gasteiger partial charge in [0.25, 0.3) is 5.91 Å². The third-order valence-corrected chi connectivity index (χ3v) is 4.45. The predicted molar refractivity (Wildman–Crippen MR) is 91.8 cm³/mol. The number of benzene rings is 2. The molecule has 0 aliphatic carbocycles. The van der Waals surface area contributed by atoms with E-state index in [1.54, 1.807) is 41.9 Å². The molecule has 0 aromatic heterocycles. The number of carbonyl (C=O) groups excluding carboxylic acids is 2. The summed E-state index contributed by atoms with van der Waals surface area (Å²) in [6.07, 6.45) is 1.12. The van der Waals surface area contributed by atoms with E-state index in [1.165, 1.54) is 0 Å². The number of hydrogen-bond donors (Lipinski definition) is 3. The van der Waals surface area contributed by atoms with Crippen LogP contribution in [0.3, 0.4) is 0 Å². The number of nitrogens with one attached hydrogen (secondary N) is 2. The Labute approximate surface area is 144 Å². The van der Waals surface area contributed by atoms with Crippen molar-refractivity contribution in [3.8, 4) is 0 Å². The van der Waals surface area contributed by atoms with Gasteiger partial charge in [-0.25, -0.2) is 5.48 Å². The molecule has 3 N–H and O–H groups in total. The highest BCUT2D eigenvalue weighted by Gasteiger charge is 2.22. The molecule has 1 aliphatic heterocycles. The van der Waals surface area contributed by atoms with Gasteiger partial charge >= 0.3 is 0 Å². The molecule has 1 amide bonds. The lowest BCUT2D eigenvalue weighted by Crippen LogP contribution is -2.26. The standard InChI is InChI=1S/C18H17ClN2O3/c19-15-4-1-12(2-5-15)17(22)8-11-7-14-9-13(18(23)21-24)3-6-16(14)20-10-11/h1-6,9,11,20,24H,7-8,10H2,(H,21,23). The summed E-state index contributed by atoms with van der Waals surface area (Å²) in [4.78, 5) is 23.9. The maximum absolute atomic E-state index is 12.4. The van der Waals surface area contributed by atoms with Gasteiger partial charge in [0.2, 0.25) is 0 Å². The second-order valence-corrected chi connectivity index (χ2v) is 6.33. The molecular weight excluding hydrogens is 328 g/mol. The average molecular weight is 345 g/mol. The van der Waals surface area contributed by atoms with Crippen molar-refractivity contribution in [1.82, 2.24) is 5.48 Å². The fourth-order valence-electron chi connectivity index (χ4n) is 2.94. The van der Waals surface area contributed by atoms with Gasteiger partial charge in [0, 0.05) is 34.8 Å². The lowest BCUT2D eigenvalue weighted by molar-refractivity contribution is 0.0706. The largest absolute Gasteiger partial charge is 0.385 e. The molecule has 0 bridgehead atoms. The predicted octanol–water partition coefficient (Wildman–Crippen LogP) is 3.32. The van der Waals surface area contributed by atoms with Crippen molar-refractivity contribution in [3.63, 3.8) is 0 Å². The zero-order valence-corrected chi connectivity index (χ0v) is 13.6. The molecule has 24 heavy (non-hydrogen) atoms. The first-order chi connectivity index (χ1) is 11.6. The molecular formula is C18H17ClN2O3. The minimum Gasteiger partial charge on any atom is -0.385 e. The number of amides is 1. The Balaban J connectivity index is 1.71. The van der Waals surface area contributed by atoms with Gasteiger partial charge in [0.15, 0.2) is 5.78 Å². The Morgan fingerprint density at radius 3 is 2.58 bits per heavy atom. The first-order valence-electron chi connectivity index (χ1n) is 7.67. The van der Waals surface area contributed by atoms with Gasteiger partial charge in [-0.05, 0) is 60.4 Å². The summed E-state index contributed by atoms with van der Waals surface area (Å²) in [6.45, 7) is 0.706. The Hall–Kier alpha value is -2.37. The van der Waals surface area contributed by atoms with Crippen LogP contribution >= 0.6 is 11.6 Å². The minimum absolute atomic E-state index is 0.0752. The van der Waals surface area contributed by atoms with Crippen molar-refractivity contribution >= 4 is 29.0 Å². The van der Waals surface area contributed by atoms with Crippen molar-refractivity contribution in [2.24, 2.45) is 5.92 Å². The van der Waals surface area contributed by atoms with Crippen LogP contribution in [-0.4, -0.2) is 23.4 Å². The Kier molecular flexibility index (Phi) is 4.83. The van der Waals surface area contributed by atoms with Gasteiger partial charge in [0.05, 0.1) is 0 Å². The molecule has 0 radical (unpaired) electrons. The maximum Gasteiger partial charge on any atom is 0.274 e. The monoisotopic (exact) mass is 344 g/mol. The quantitative estimate of drug-likeness (QED) is 0.451. The molecule has 1 aliphatic rings. The molecule has 5 nitrogen and oxygen atoms in total. The number of hydroxylamine groups is 1. The number of Topliss-reactive ketones (excluding diaryl/α,β-unsaturated/α-hetero) is 1. The molecule has 124 valence electrons. The highest BCUT2D eigenvalue weighted by molar-refractivity contribution is 6.30. The van der Waals surface area contributed by atoms with Crippen molar-refractivity contribution in [2.45, 2.75) is 12.8 Å². The second-order valence-electron chi connectivity index (χ2n) is 5.90. The summed E-state index contributed by atoms with van der Waals surface area (Å²) >= 11 is 5.85. The molecule has 0 saturated heterocycles. The lowest BCUT2D eigenvalue weighted by Gasteiger charge is -2.26. The molecule has 1 heterocycles. The highest BCUT2D eigenvalue weighted by Crippen LogP contribution is 2.28. The molecule has 2 aromatic carbocycles. The SMILES string of the molecule is O=C(CC1CNc2ccc(C(=O)NO)cc2C1)c1ccc(Cl)cc1. The van der Waals surface area contributed by atoms with Crippen molar-refractivity contribution in [1.29, 1.82) is 0 Å². The van der Waals surface area contributed by atoms with Gasteiger partial charge in [-0.2, -0.15) is 0 Å². The smallest absolute Gasteiger partial charge is 0.274 e. The van der Waals surface area contributed by atoms with Crippen LogP contribution in [0.4, 0.5) is 5.69 Å². The number of anilines is 1. The van der Waals surface area contributed by atoms with E-state index in [4.69, 9.17) is 16.8 Å². The average Bonchev–Trinajstić information content (AvgIpc) is 2.61. The highest BCUT2D eigenvalue weighted by atomic mass is 35.5. The summed E-state index contributed by atoms with van der Waals surface area (Å²) in [5, 5.41) is 12.6. The third kappa shape index (κ3) is 3.58. The van der Waals surface area contributed by atoms with Crippen LogP contribution in [0.1, 0.15) is 32.7 Å². The Morgan fingerprint density at radius 2 is 1.88 bits per heavy atom. The van der Waals surface area contributed by atoms with E-state index in [0.29, 0.717) is 35.5 Å². The molecule has 3 rings (SSSR count). The normalized spacial score (nSPS) is 16.0. The zero-order valence-electron chi connectivity index (χ0n) is 12.9. The molecule has 6 heteroatoms. The van der Waals surface area contributed by atoms with Gasteiger partial charge in [-0.15, -0.1) is 0 Å². The van der Waals surface area contributed by atoms with E-state index >= 15 is 0 Å². The number of carbonyl (C=O) groups is 2. The number of rotatable bonds is 4. The van der Waals surface area contributed by atoms with Gasteiger partial charge in [-0.3, -0.25) is 14.8 Å². The van der Waals surface area contributed by atoms with Crippen LogP contribution in [0.2, 0.25) is 5.02 Å². The van der Waals surface area contributed by atoms with Crippen molar-refractivity contribution in [2.75, 3.05) is 11.9 Å². The molecule has 2 aromatic rings. The van der Waals surface area contributed by atoms with Gasteiger partial charge in [-0.1, -0.05) is 11.6 Å². The van der Waals surface area contributed by atoms with Crippen LogP contribution in [-0.2, 0) is 6.42 Å². The fourth-order valence-corrected chi connectivity index (χ4v) is 3.06. The van der Waals surface area contributed by atoms with Crippen LogP contribution in [0.15, 0.2) is 42.5 Å². The lowest BCUT2D eigenvalue weighted by atomic mass is 9.88. The van der Waals surface area contributed by atoms with E-state index in [1.807, 2.05) is 6.07 Å². The van der Waals surface area contributed by atoms with Gasteiger partial charge in [0.1, 0.15) is 0 Å². The van der Waals surface area contributed by atoms with Gasteiger partial charge < -0.3 is 5.32 Å². The van der Waals surface area contributed by atoms with E-state index in [-0.39, 0.29) is 11.7 Å². The number of ketones is 1. The Morgan fingerprint density at radius 1 is 1.17 bits per heavy atom. The maximum atomic E-state index is 12.4. The van der Waals surface area contributed by atoms with E-state index < -0.39 is 5.91 Å². The molecule has 1 atom stereocenters. The molecule has 1 unspecified atom stereocenters. The van der Waals surface area contributed by atoms with Crippen LogP contribution in [0.25, 0.3) is 0 Å². The Bertz CT molecular complexity index is 774. The van der Waals surface area contributed by atoms with E-state index in [0.717, 1.165) is 11.3 Å². The summed E-state index contributed by atoms with van der Waals surface area (Å²) in [5.41, 5.74) is 4.60. The molecule has 0 spiro atoms.